The van der Waals surface area contributed by atoms with Gasteiger partial charge in [-0.25, -0.2) is 0 Å². The lowest BCUT2D eigenvalue weighted by atomic mass is 10.1. The molecule has 0 fully saturated rings. The van der Waals surface area contributed by atoms with E-state index in [1.54, 1.807) is 7.11 Å². The van der Waals surface area contributed by atoms with Crippen LogP contribution in [0.25, 0.3) is 0 Å². The number of methoxy groups -OCH3 is 1. The Hall–Kier alpha value is -0.120. The minimum atomic E-state index is -0.140. The van der Waals surface area contributed by atoms with E-state index in [0.29, 0.717) is 6.61 Å². The average Bonchev–Trinajstić information content (AvgIpc) is 2.00. The first kappa shape index (κ1) is 10.9. The van der Waals surface area contributed by atoms with Crippen LogP contribution in [0.3, 0.4) is 0 Å². The van der Waals surface area contributed by atoms with E-state index >= 15 is 0 Å². The Labute approximate surface area is 69.0 Å². The first-order valence-electron chi connectivity index (χ1n) is 3.85. The highest BCUT2D eigenvalue weighted by atomic mass is 16.5. The number of rotatable bonds is 5. The second kappa shape index (κ2) is 4.70. The number of aliphatic hydroxyl groups excluding tert-OH is 1. The standard InChI is InChI=1S/C8H19NO2/c1-8(2,7-10)9(3)5-6-11-4/h10H,5-7H2,1-4H3. The van der Waals surface area contributed by atoms with Crippen molar-refractivity contribution in [3.63, 3.8) is 0 Å². The molecule has 0 amide bonds. The molecule has 0 bridgehead atoms. The van der Waals surface area contributed by atoms with Crippen LogP contribution in [0.2, 0.25) is 0 Å². The van der Waals surface area contributed by atoms with E-state index in [1.165, 1.54) is 0 Å². The van der Waals surface area contributed by atoms with Crippen LogP contribution in [0.5, 0.6) is 0 Å². The third-order valence-corrected chi connectivity index (χ3v) is 2.05. The summed E-state index contributed by atoms with van der Waals surface area (Å²) in [5, 5.41) is 8.98. The number of ether oxygens (including phenoxy) is 1. The Bertz CT molecular complexity index is 104. The van der Waals surface area contributed by atoms with Crippen LogP contribution in [-0.4, -0.2) is 49.5 Å². The van der Waals surface area contributed by atoms with Crippen LogP contribution >= 0.6 is 0 Å². The Kier molecular flexibility index (Phi) is 4.65. The zero-order valence-electron chi connectivity index (χ0n) is 7.92. The highest BCUT2D eigenvalue weighted by Crippen LogP contribution is 2.09. The normalized spacial score (nSPS) is 12.5. The third kappa shape index (κ3) is 3.70. The van der Waals surface area contributed by atoms with Gasteiger partial charge in [-0.05, 0) is 20.9 Å². The molecule has 0 aromatic heterocycles. The van der Waals surface area contributed by atoms with E-state index in [1.807, 2.05) is 20.9 Å². The lowest BCUT2D eigenvalue weighted by Crippen LogP contribution is -2.45. The minimum absolute atomic E-state index is 0.140. The fourth-order valence-electron chi connectivity index (χ4n) is 0.652. The Morgan fingerprint density at radius 3 is 2.36 bits per heavy atom. The zero-order valence-corrected chi connectivity index (χ0v) is 7.92. The van der Waals surface area contributed by atoms with Gasteiger partial charge in [-0.1, -0.05) is 0 Å². The third-order valence-electron chi connectivity index (χ3n) is 2.05. The molecule has 0 aliphatic rings. The smallest absolute Gasteiger partial charge is 0.0609 e. The van der Waals surface area contributed by atoms with E-state index in [2.05, 4.69) is 4.90 Å². The summed E-state index contributed by atoms with van der Waals surface area (Å²) in [6.45, 7) is 5.74. The Morgan fingerprint density at radius 1 is 1.45 bits per heavy atom. The van der Waals surface area contributed by atoms with Crippen molar-refractivity contribution in [2.75, 3.05) is 33.9 Å². The maximum absolute atomic E-state index is 8.98. The number of aliphatic hydroxyl groups is 1. The molecule has 0 rings (SSSR count). The molecular weight excluding hydrogens is 142 g/mol. The summed E-state index contributed by atoms with van der Waals surface area (Å²) in [4.78, 5) is 2.08. The largest absolute Gasteiger partial charge is 0.394 e. The predicted octanol–water partition coefficient (Wildman–Crippen LogP) is 0.336. The van der Waals surface area contributed by atoms with Gasteiger partial charge in [0.25, 0.3) is 0 Å². The summed E-state index contributed by atoms with van der Waals surface area (Å²) in [6, 6.07) is 0. The summed E-state index contributed by atoms with van der Waals surface area (Å²) in [6.07, 6.45) is 0. The van der Waals surface area contributed by atoms with Crippen molar-refractivity contribution in [2.24, 2.45) is 0 Å². The fourth-order valence-corrected chi connectivity index (χ4v) is 0.652. The first-order chi connectivity index (χ1) is 5.04. The van der Waals surface area contributed by atoms with Crippen molar-refractivity contribution < 1.29 is 9.84 Å². The molecule has 68 valence electrons. The summed E-state index contributed by atoms with van der Waals surface area (Å²) in [5.74, 6) is 0. The molecule has 0 aromatic rings. The highest BCUT2D eigenvalue weighted by Gasteiger charge is 2.21. The lowest BCUT2D eigenvalue weighted by molar-refractivity contribution is 0.0557. The molecule has 0 heterocycles. The van der Waals surface area contributed by atoms with Crippen LogP contribution < -0.4 is 0 Å². The van der Waals surface area contributed by atoms with Gasteiger partial charge in [-0.2, -0.15) is 0 Å². The monoisotopic (exact) mass is 161 g/mol. The molecule has 3 heteroatoms. The quantitative estimate of drug-likeness (QED) is 0.631. The second-order valence-corrected chi connectivity index (χ2v) is 3.38. The van der Waals surface area contributed by atoms with Crippen molar-refractivity contribution >= 4 is 0 Å². The van der Waals surface area contributed by atoms with Gasteiger partial charge in [0, 0.05) is 19.2 Å². The number of hydrogen-bond donors (Lipinski definition) is 1. The summed E-state index contributed by atoms with van der Waals surface area (Å²) in [7, 11) is 3.66. The van der Waals surface area contributed by atoms with Crippen molar-refractivity contribution in [3.8, 4) is 0 Å². The molecule has 0 atom stereocenters. The predicted molar refractivity (Wildman–Crippen MR) is 45.7 cm³/mol. The molecule has 0 radical (unpaired) electrons. The molecular formula is C8H19NO2. The molecule has 0 spiro atoms. The van der Waals surface area contributed by atoms with Crippen LogP contribution in [0.1, 0.15) is 13.8 Å². The maximum Gasteiger partial charge on any atom is 0.0609 e. The Balaban J connectivity index is 3.71. The fraction of sp³-hybridized carbons (Fsp3) is 1.00. The van der Waals surface area contributed by atoms with E-state index in [0.717, 1.165) is 6.54 Å². The highest BCUT2D eigenvalue weighted by molar-refractivity contribution is 4.77. The van der Waals surface area contributed by atoms with E-state index in [4.69, 9.17) is 9.84 Å². The van der Waals surface area contributed by atoms with Gasteiger partial charge in [-0.15, -0.1) is 0 Å². The minimum Gasteiger partial charge on any atom is -0.394 e. The van der Waals surface area contributed by atoms with Gasteiger partial charge in [0.2, 0.25) is 0 Å². The zero-order chi connectivity index (χ0) is 8.91. The van der Waals surface area contributed by atoms with Gasteiger partial charge in [0.1, 0.15) is 0 Å². The van der Waals surface area contributed by atoms with Crippen molar-refractivity contribution in [3.05, 3.63) is 0 Å². The van der Waals surface area contributed by atoms with Gasteiger partial charge in [-0.3, -0.25) is 4.90 Å². The van der Waals surface area contributed by atoms with E-state index in [9.17, 15) is 0 Å². The molecule has 0 saturated heterocycles. The molecule has 3 nitrogen and oxygen atoms in total. The maximum atomic E-state index is 8.98. The molecule has 0 saturated carbocycles. The topological polar surface area (TPSA) is 32.7 Å². The number of hydrogen-bond acceptors (Lipinski definition) is 3. The summed E-state index contributed by atoms with van der Waals surface area (Å²) >= 11 is 0. The molecule has 11 heavy (non-hydrogen) atoms. The molecule has 1 N–H and O–H groups in total. The van der Waals surface area contributed by atoms with Crippen molar-refractivity contribution in [1.82, 2.24) is 4.90 Å². The SMILES string of the molecule is COCCN(C)C(C)(C)CO. The van der Waals surface area contributed by atoms with Gasteiger partial charge < -0.3 is 9.84 Å². The Morgan fingerprint density at radius 2 is 2.00 bits per heavy atom. The van der Waals surface area contributed by atoms with Crippen LogP contribution in [0.4, 0.5) is 0 Å². The average molecular weight is 161 g/mol. The summed E-state index contributed by atoms with van der Waals surface area (Å²) < 4.78 is 4.93. The lowest BCUT2D eigenvalue weighted by Gasteiger charge is -2.33. The first-order valence-corrected chi connectivity index (χ1v) is 3.85. The number of likely N-dealkylation sites (N-methyl/N-ethyl adjacent to an activating group) is 1. The second-order valence-electron chi connectivity index (χ2n) is 3.38. The molecule has 0 unspecified atom stereocenters. The van der Waals surface area contributed by atoms with Gasteiger partial charge >= 0.3 is 0 Å². The van der Waals surface area contributed by atoms with Crippen molar-refractivity contribution in [1.29, 1.82) is 0 Å². The molecule has 0 aromatic carbocycles. The van der Waals surface area contributed by atoms with E-state index < -0.39 is 0 Å². The van der Waals surface area contributed by atoms with Gasteiger partial charge in [0.15, 0.2) is 0 Å². The number of nitrogens with zero attached hydrogens (tertiary/aromatic N) is 1. The van der Waals surface area contributed by atoms with E-state index in [-0.39, 0.29) is 12.1 Å². The van der Waals surface area contributed by atoms with Gasteiger partial charge in [0.05, 0.1) is 13.2 Å². The van der Waals surface area contributed by atoms with Crippen LogP contribution in [0, 0.1) is 0 Å². The summed E-state index contributed by atoms with van der Waals surface area (Å²) in [5.41, 5.74) is -0.140. The molecule has 0 aliphatic carbocycles. The van der Waals surface area contributed by atoms with Crippen LogP contribution in [-0.2, 0) is 4.74 Å². The van der Waals surface area contributed by atoms with Crippen LogP contribution in [0.15, 0.2) is 0 Å². The molecule has 0 aliphatic heterocycles. The van der Waals surface area contributed by atoms with Crippen molar-refractivity contribution in [2.45, 2.75) is 19.4 Å².